The summed E-state index contributed by atoms with van der Waals surface area (Å²) in [5.74, 6) is -2.28. The van der Waals surface area contributed by atoms with Crippen LogP contribution in [-0.2, 0) is 14.2 Å². The molecule has 2 aromatic carbocycles. The number of ether oxygens (including phenoxy) is 5. The summed E-state index contributed by atoms with van der Waals surface area (Å²) in [7, 11) is 1.28. The van der Waals surface area contributed by atoms with E-state index in [9.17, 15) is 50.8 Å². The summed E-state index contributed by atoms with van der Waals surface area (Å²) in [5.41, 5.74) is -1.11. The van der Waals surface area contributed by atoms with Crippen LogP contribution in [-0.4, -0.2) is 121 Å². The molecule has 2 fully saturated rings. The molecular weight excluding hydrogens is 592 g/mol. The molecule has 0 unspecified atom stereocenters. The van der Waals surface area contributed by atoms with Crippen LogP contribution >= 0.6 is 0 Å². The minimum Gasteiger partial charge on any atom is -0.508 e. The normalized spacial score (nSPS) is 32.5. The van der Waals surface area contributed by atoms with Gasteiger partial charge in [0.25, 0.3) is 0 Å². The Labute approximate surface area is 248 Å². The Morgan fingerprint density at radius 2 is 1.48 bits per heavy atom. The number of phenolic OH excluding ortho intramolecular Hbond substituents is 3. The summed E-state index contributed by atoms with van der Waals surface area (Å²) in [6.45, 7) is 0.845. The number of methoxy groups -OCH3 is 1. The van der Waals surface area contributed by atoms with Crippen LogP contribution in [0.4, 0.5) is 0 Å². The number of aliphatic hydroxyl groups excluding tert-OH is 6. The van der Waals surface area contributed by atoms with Gasteiger partial charge >= 0.3 is 0 Å². The number of hydrogen-bond donors (Lipinski definition) is 9. The zero-order chi connectivity index (χ0) is 32.0. The van der Waals surface area contributed by atoms with Crippen LogP contribution in [0.5, 0.6) is 28.7 Å². The van der Waals surface area contributed by atoms with Gasteiger partial charge in [0.2, 0.25) is 17.5 Å². The van der Waals surface area contributed by atoms with Gasteiger partial charge in [-0.2, -0.15) is 0 Å². The fourth-order valence-corrected chi connectivity index (χ4v) is 4.99. The van der Waals surface area contributed by atoms with E-state index in [0.717, 1.165) is 12.1 Å². The maximum atomic E-state index is 13.7. The number of fused-ring (bicyclic) bond motifs is 1. The van der Waals surface area contributed by atoms with Crippen molar-refractivity contribution in [2.24, 2.45) is 0 Å². The lowest BCUT2D eigenvalue weighted by molar-refractivity contribution is -0.318. The maximum absolute atomic E-state index is 13.7. The van der Waals surface area contributed by atoms with Crippen LogP contribution in [0.2, 0.25) is 0 Å². The van der Waals surface area contributed by atoms with Crippen molar-refractivity contribution in [1.82, 2.24) is 0 Å². The van der Waals surface area contributed by atoms with E-state index in [1.807, 2.05) is 0 Å². The molecule has 44 heavy (non-hydrogen) atoms. The summed E-state index contributed by atoms with van der Waals surface area (Å²) in [4.78, 5) is 13.7. The third-order valence-electron chi connectivity index (χ3n) is 7.50. The monoisotopic (exact) mass is 624 g/mol. The Hall–Kier alpha value is -3.71. The lowest BCUT2D eigenvalue weighted by Crippen LogP contribution is -2.61. The topological polar surface area (TPSA) is 258 Å². The van der Waals surface area contributed by atoms with Crippen LogP contribution in [0.1, 0.15) is 6.92 Å². The van der Waals surface area contributed by atoms with E-state index in [1.54, 1.807) is 0 Å². The Balaban J connectivity index is 1.49. The Morgan fingerprint density at radius 3 is 2.18 bits per heavy atom. The molecule has 3 aromatic rings. The van der Waals surface area contributed by atoms with Crippen LogP contribution < -0.4 is 14.9 Å². The van der Waals surface area contributed by atoms with Gasteiger partial charge in [0.1, 0.15) is 65.2 Å². The highest BCUT2D eigenvalue weighted by Crippen LogP contribution is 2.39. The fourth-order valence-electron chi connectivity index (χ4n) is 4.99. The molecular formula is C28H32O16. The molecule has 5 rings (SSSR count). The minimum absolute atomic E-state index is 0.0151. The van der Waals surface area contributed by atoms with Crippen molar-refractivity contribution in [2.75, 3.05) is 13.7 Å². The van der Waals surface area contributed by atoms with Gasteiger partial charge in [0.05, 0.1) is 19.8 Å². The van der Waals surface area contributed by atoms with Gasteiger partial charge in [-0.15, -0.1) is 0 Å². The van der Waals surface area contributed by atoms with Crippen LogP contribution in [0.15, 0.2) is 39.5 Å². The molecule has 2 saturated heterocycles. The van der Waals surface area contributed by atoms with Crippen LogP contribution in [0.3, 0.4) is 0 Å². The Morgan fingerprint density at radius 1 is 0.795 bits per heavy atom. The summed E-state index contributed by atoms with van der Waals surface area (Å²) < 4.78 is 33.2. The van der Waals surface area contributed by atoms with Crippen molar-refractivity contribution in [3.8, 4) is 40.1 Å². The van der Waals surface area contributed by atoms with E-state index in [4.69, 9.17) is 28.1 Å². The summed E-state index contributed by atoms with van der Waals surface area (Å²) in [6, 6.07) is 5.83. The van der Waals surface area contributed by atoms with Crippen molar-refractivity contribution in [3.05, 3.63) is 40.6 Å². The summed E-state index contributed by atoms with van der Waals surface area (Å²) in [6.07, 6.45) is -16.0. The van der Waals surface area contributed by atoms with E-state index in [1.165, 1.54) is 32.2 Å². The van der Waals surface area contributed by atoms with Gasteiger partial charge in [0, 0.05) is 17.7 Å². The molecule has 16 nitrogen and oxygen atoms in total. The van der Waals surface area contributed by atoms with Gasteiger partial charge < -0.3 is 74.1 Å². The lowest BCUT2D eigenvalue weighted by Gasteiger charge is -2.42. The number of phenols is 3. The molecule has 0 radical (unpaired) electrons. The molecule has 0 spiro atoms. The second-order valence-electron chi connectivity index (χ2n) is 10.5. The largest absolute Gasteiger partial charge is 0.508 e. The SMILES string of the molecule is COc1cc(-c2oc3cc(O)cc(O)c3c(=O)c2O[C@@H]2O[C@@H](CO[C@H]3O[C@@H](C)[C@@H](O)[C@H](O)[C@@H]3O)[C@@H](O)[C@H](O)[C@H]2O)ccc1O. The first-order valence-electron chi connectivity index (χ1n) is 13.4. The van der Waals surface area contributed by atoms with Crippen LogP contribution in [0.25, 0.3) is 22.3 Å². The molecule has 9 N–H and O–H groups in total. The smallest absolute Gasteiger partial charge is 0.239 e. The standard InChI is InChI=1S/C28H32O16/c1-9-18(32)21(35)23(37)27(41-9)40-8-16-19(33)22(36)24(38)28(43-16)44-26-20(34)17-13(31)6-11(29)7-15(17)42-25(26)10-3-4-12(30)14(5-10)39-2/h3-7,9,16,18-19,21-24,27-33,35-38H,8H2,1-2H3/t9-,16-,18+,19+,21-,22-,23-,24+,27-,28-/m0/s1. The van der Waals surface area contributed by atoms with Crippen molar-refractivity contribution < 1.29 is 74.1 Å². The molecule has 0 aliphatic carbocycles. The molecule has 240 valence electrons. The van der Waals surface area contributed by atoms with E-state index in [2.05, 4.69) is 0 Å². The molecule has 0 amide bonds. The van der Waals surface area contributed by atoms with Crippen LogP contribution in [0, 0.1) is 0 Å². The van der Waals surface area contributed by atoms with Gasteiger partial charge in [-0.25, -0.2) is 0 Å². The van der Waals surface area contributed by atoms with Crippen molar-refractivity contribution in [3.63, 3.8) is 0 Å². The molecule has 16 heteroatoms. The number of aliphatic hydroxyl groups is 6. The van der Waals surface area contributed by atoms with E-state index in [0.29, 0.717) is 0 Å². The number of benzene rings is 2. The molecule has 3 heterocycles. The maximum Gasteiger partial charge on any atom is 0.239 e. The summed E-state index contributed by atoms with van der Waals surface area (Å²) in [5, 5.41) is 92.1. The minimum atomic E-state index is -1.94. The molecule has 0 bridgehead atoms. The lowest BCUT2D eigenvalue weighted by atomic mass is 9.98. The highest BCUT2D eigenvalue weighted by Gasteiger charge is 2.47. The van der Waals surface area contributed by atoms with Gasteiger partial charge in [-0.05, 0) is 25.1 Å². The first kappa shape index (κ1) is 31.7. The Kier molecular flexibility index (Phi) is 8.90. The van der Waals surface area contributed by atoms with Crippen molar-refractivity contribution in [2.45, 2.75) is 68.3 Å². The van der Waals surface area contributed by atoms with Gasteiger partial charge in [-0.3, -0.25) is 4.79 Å². The molecule has 10 atom stereocenters. The zero-order valence-corrected chi connectivity index (χ0v) is 23.3. The van der Waals surface area contributed by atoms with E-state index in [-0.39, 0.29) is 28.4 Å². The molecule has 0 saturated carbocycles. The number of hydrogen-bond acceptors (Lipinski definition) is 16. The van der Waals surface area contributed by atoms with Gasteiger partial charge in [-0.1, -0.05) is 0 Å². The second kappa shape index (κ2) is 12.4. The average molecular weight is 625 g/mol. The third kappa shape index (κ3) is 5.74. The molecule has 2 aliphatic heterocycles. The first-order chi connectivity index (χ1) is 20.8. The quantitative estimate of drug-likeness (QED) is 0.147. The predicted octanol–water partition coefficient (Wildman–Crippen LogP) is -1.38. The van der Waals surface area contributed by atoms with E-state index >= 15 is 0 Å². The first-order valence-corrected chi connectivity index (χ1v) is 13.4. The van der Waals surface area contributed by atoms with Crippen molar-refractivity contribution in [1.29, 1.82) is 0 Å². The zero-order valence-electron chi connectivity index (χ0n) is 23.3. The summed E-state index contributed by atoms with van der Waals surface area (Å²) >= 11 is 0. The fraction of sp³-hybridized carbons (Fsp3) is 0.464. The van der Waals surface area contributed by atoms with E-state index < -0.39 is 96.1 Å². The Bertz CT molecular complexity index is 1560. The van der Waals surface area contributed by atoms with Gasteiger partial charge in [0.15, 0.2) is 23.5 Å². The third-order valence-corrected chi connectivity index (χ3v) is 7.50. The molecule has 1 aromatic heterocycles. The van der Waals surface area contributed by atoms with Crippen molar-refractivity contribution >= 4 is 11.0 Å². The highest BCUT2D eigenvalue weighted by molar-refractivity contribution is 5.88. The number of aromatic hydroxyl groups is 3. The second-order valence-corrected chi connectivity index (χ2v) is 10.5. The predicted molar refractivity (Wildman–Crippen MR) is 145 cm³/mol. The number of rotatable bonds is 7. The average Bonchev–Trinajstić information content (AvgIpc) is 2.98. The highest BCUT2D eigenvalue weighted by atomic mass is 16.7. The molecule has 2 aliphatic rings.